The van der Waals surface area contributed by atoms with Gasteiger partial charge in [0, 0.05) is 29.6 Å². The summed E-state index contributed by atoms with van der Waals surface area (Å²) in [6.07, 6.45) is 3.52. The number of hydrogen-bond acceptors (Lipinski definition) is 4. The Morgan fingerprint density at radius 1 is 1.19 bits per heavy atom. The Kier molecular flexibility index (Phi) is 3.55. The second-order valence-electron chi connectivity index (χ2n) is 4.57. The number of fused-ring (bicyclic) bond motifs is 1. The number of aromatic nitrogens is 2. The molecule has 0 saturated heterocycles. The molecule has 0 N–H and O–H groups in total. The first kappa shape index (κ1) is 13.5. The molecule has 0 atom stereocenters. The zero-order valence-electron chi connectivity index (χ0n) is 11.3. The summed E-state index contributed by atoms with van der Waals surface area (Å²) in [4.78, 5) is 10.8. The van der Waals surface area contributed by atoms with Crippen molar-refractivity contribution in [2.24, 2.45) is 0 Å². The average molecular weight is 339 g/mol. The van der Waals surface area contributed by atoms with Crippen molar-refractivity contribution < 1.29 is 0 Å². The van der Waals surface area contributed by atoms with Crippen LogP contribution in [-0.4, -0.2) is 17.0 Å². The second kappa shape index (κ2) is 5.51. The third-order valence-electron chi connectivity index (χ3n) is 3.25. The van der Waals surface area contributed by atoms with Gasteiger partial charge in [-0.25, -0.2) is 0 Å². The van der Waals surface area contributed by atoms with Gasteiger partial charge >= 0.3 is 0 Å². The number of rotatable bonds is 2. The summed E-state index contributed by atoms with van der Waals surface area (Å²) in [5.41, 5.74) is 4.16. The van der Waals surface area contributed by atoms with E-state index in [9.17, 15) is 0 Å². The standard InChI is InChI=1S/C16H11BrN4/c1-21(13-4-2-3-11(7-13)9-18)15-5-6-19-14-8-12(17)10-20-16(14)15/h2-8,10H,1H3. The third-order valence-corrected chi connectivity index (χ3v) is 3.68. The largest absolute Gasteiger partial charge is 0.343 e. The number of halogens is 1. The van der Waals surface area contributed by atoms with Gasteiger partial charge in [-0.05, 0) is 46.3 Å². The van der Waals surface area contributed by atoms with Crippen LogP contribution in [0, 0.1) is 11.3 Å². The van der Waals surface area contributed by atoms with Crippen LogP contribution >= 0.6 is 15.9 Å². The van der Waals surface area contributed by atoms with Crippen LogP contribution in [0.1, 0.15) is 5.56 Å². The molecule has 0 aliphatic heterocycles. The maximum Gasteiger partial charge on any atom is 0.112 e. The first-order valence-electron chi connectivity index (χ1n) is 6.33. The molecule has 5 heteroatoms. The topological polar surface area (TPSA) is 52.8 Å². The molecule has 0 bridgehead atoms. The van der Waals surface area contributed by atoms with Crippen LogP contribution in [0.5, 0.6) is 0 Å². The molecule has 3 rings (SSSR count). The van der Waals surface area contributed by atoms with E-state index in [1.54, 1.807) is 18.5 Å². The molecule has 102 valence electrons. The molecule has 0 radical (unpaired) electrons. The Labute approximate surface area is 130 Å². The Bertz CT molecular complexity index is 854. The van der Waals surface area contributed by atoms with Gasteiger partial charge in [-0.15, -0.1) is 0 Å². The van der Waals surface area contributed by atoms with Crippen molar-refractivity contribution >= 4 is 38.3 Å². The lowest BCUT2D eigenvalue weighted by Gasteiger charge is -2.20. The molecule has 2 heterocycles. The van der Waals surface area contributed by atoms with Crippen LogP contribution in [0.2, 0.25) is 0 Å². The van der Waals surface area contributed by atoms with Crippen LogP contribution in [0.4, 0.5) is 11.4 Å². The summed E-state index contributed by atoms with van der Waals surface area (Å²) in [6, 6.07) is 13.5. The lowest BCUT2D eigenvalue weighted by molar-refractivity contribution is 1.19. The Balaban J connectivity index is 2.13. The highest BCUT2D eigenvalue weighted by molar-refractivity contribution is 9.10. The maximum atomic E-state index is 9.02. The predicted molar refractivity (Wildman–Crippen MR) is 86.5 cm³/mol. The first-order valence-corrected chi connectivity index (χ1v) is 7.12. The summed E-state index contributed by atoms with van der Waals surface area (Å²) in [6.45, 7) is 0. The second-order valence-corrected chi connectivity index (χ2v) is 5.49. The van der Waals surface area contributed by atoms with E-state index in [-0.39, 0.29) is 0 Å². The monoisotopic (exact) mass is 338 g/mol. The zero-order valence-corrected chi connectivity index (χ0v) is 12.9. The van der Waals surface area contributed by atoms with Crippen molar-refractivity contribution in [1.29, 1.82) is 5.26 Å². The lowest BCUT2D eigenvalue weighted by atomic mass is 10.2. The Morgan fingerprint density at radius 3 is 2.86 bits per heavy atom. The minimum atomic E-state index is 0.633. The molecule has 3 aromatic rings. The average Bonchev–Trinajstić information content (AvgIpc) is 2.53. The molecule has 0 aliphatic rings. The molecule has 0 spiro atoms. The molecule has 0 unspecified atom stereocenters. The maximum absolute atomic E-state index is 9.02. The van der Waals surface area contributed by atoms with E-state index in [0.717, 1.165) is 26.9 Å². The van der Waals surface area contributed by atoms with Gasteiger partial charge < -0.3 is 4.90 Å². The molecular formula is C16H11BrN4. The van der Waals surface area contributed by atoms with Crippen LogP contribution < -0.4 is 4.90 Å². The molecule has 1 aromatic carbocycles. The van der Waals surface area contributed by atoms with Crippen molar-refractivity contribution in [2.75, 3.05) is 11.9 Å². The fourth-order valence-electron chi connectivity index (χ4n) is 2.19. The van der Waals surface area contributed by atoms with Gasteiger partial charge in [-0.3, -0.25) is 9.97 Å². The summed E-state index contributed by atoms with van der Waals surface area (Å²) >= 11 is 3.41. The van der Waals surface area contributed by atoms with E-state index in [0.29, 0.717) is 5.56 Å². The van der Waals surface area contributed by atoms with Crippen molar-refractivity contribution in [3.8, 4) is 6.07 Å². The Morgan fingerprint density at radius 2 is 2.05 bits per heavy atom. The smallest absolute Gasteiger partial charge is 0.112 e. The van der Waals surface area contributed by atoms with Crippen LogP contribution in [0.25, 0.3) is 11.0 Å². The van der Waals surface area contributed by atoms with E-state index in [4.69, 9.17) is 5.26 Å². The van der Waals surface area contributed by atoms with E-state index >= 15 is 0 Å². The Hall–Kier alpha value is -2.45. The highest BCUT2D eigenvalue weighted by atomic mass is 79.9. The molecule has 2 aromatic heterocycles. The van der Waals surface area contributed by atoms with Gasteiger partial charge in [-0.1, -0.05) is 6.07 Å². The van der Waals surface area contributed by atoms with Crippen molar-refractivity contribution in [2.45, 2.75) is 0 Å². The highest BCUT2D eigenvalue weighted by Crippen LogP contribution is 2.30. The number of hydrogen-bond donors (Lipinski definition) is 0. The van der Waals surface area contributed by atoms with Gasteiger partial charge in [0.05, 0.1) is 22.8 Å². The minimum absolute atomic E-state index is 0.633. The number of benzene rings is 1. The molecule has 0 saturated carbocycles. The first-order chi connectivity index (χ1) is 10.2. The lowest BCUT2D eigenvalue weighted by Crippen LogP contribution is -2.10. The van der Waals surface area contributed by atoms with Crippen LogP contribution in [-0.2, 0) is 0 Å². The molecule has 21 heavy (non-hydrogen) atoms. The summed E-state index contributed by atoms with van der Waals surface area (Å²) in [5, 5.41) is 9.02. The quantitative estimate of drug-likeness (QED) is 0.707. The van der Waals surface area contributed by atoms with Gasteiger partial charge in [0.25, 0.3) is 0 Å². The zero-order chi connectivity index (χ0) is 14.8. The van der Waals surface area contributed by atoms with E-state index in [2.05, 4.69) is 32.0 Å². The molecule has 4 nitrogen and oxygen atoms in total. The number of anilines is 2. The highest BCUT2D eigenvalue weighted by Gasteiger charge is 2.10. The van der Waals surface area contributed by atoms with Crippen molar-refractivity contribution in [3.05, 3.63) is 58.8 Å². The van der Waals surface area contributed by atoms with Gasteiger partial charge in [0.15, 0.2) is 0 Å². The number of nitrogens with zero attached hydrogens (tertiary/aromatic N) is 4. The third kappa shape index (κ3) is 2.58. The summed E-state index contributed by atoms with van der Waals surface area (Å²) in [7, 11) is 1.95. The minimum Gasteiger partial charge on any atom is -0.343 e. The fraction of sp³-hybridized carbons (Fsp3) is 0.0625. The van der Waals surface area contributed by atoms with E-state index in [1.165, 1.54) is 0 Å². The predicted octanol–water partition coefficient (Wildman–Crippen LogP) is 4.03. The molecule has 0 fully saturated rings. The van der Waals surface area contributed by atoms with Crippen molar-refractivity contribution in [3.63, 3.8) is 0 Å². The molecule has 0 aliphatic carbocycles. The normalized spacial score (nSPS) is 10.3. The fourth-order valence-corrected chi connectivity index (χ4v) is 2.50. The van der Waals surface area contributed by atoms with E-state index in [1.807, 2.05) is 42.3 Å². The van der Waals surface area contributed by atoms with E-state index < -0.39 is 0 Å². The van der Waals surface area contributed by atoms with Gasteiger partial charge in [0.1, 0.15) is 5.52 Å². The SMILES string of the molecule is CN(c1cccc(C#N)c1)c1ccnc2cc(Br)cnc12. The van der Waals surface area contributed by atoms with Gasteiger partial charge in [0.2, 0.25) is 0 Å². The number of pyridine rings is 2. The van der Waals surface area contributed by atoms with Gasteiger partial charge in [-0.2, -0.15) is 5.26 Å². The number of nitriles is 1. The van der Waals surface area contributed by atoms with Crippen molar-refractivity contribution in [1.82, 2.24) is 9.97 Å². The molecule has 0 amide bonds. The molecular weight excluding hydrogens is 328 g/mol. The summed E-state index contributed by atoms with van der Waals surface area (Å²) in [5.74, 6) is 0. The van der Waals surface area contributed by atoms with Crippen LogP contribution in [0.3, 0.4) is 0 Å². The van der Waals surface area contributed by atoms with Crippen LogP contribution in [0.15, 0.2) is 53.3 Å². The summed E-state index contributed by atoms with van der Waals surface area (Å²) < 4.78 is 0.897.